The number of carbonyl (C=O) groups excluding carboxylic acids is 1. The molecule has 1 aliphatic carbocycles. The summed E-state index contributed by atoms with van der Waals surface area (Å²) >= 11 is 0. The van der Waals surface area contributed by atoms with Crippen LogP contribution in [0.2, 0.25) is 0 Å². The molecular weight excluding hydrogens is 218 g/mol. The molecule has 0 spiro atoms. The van der Waals surface area contributed by atoms with Crippen molar-refractivity contribution in [3.8, 4) is 0 Å². The van der Waals surface area contributed by atoms with Gasteiger partial charge in [0.15, 0.2) is 0 Å². The maximum absolute atomic E-state index is 13.4. The van der Waals surface area contributed by atoms with Crippen molar-refractivity contribution in [1.29, 1.82) is 0 Å². The predicted octanol–water partition coefficient (Wildman–Crippen LogP) is 1.80. The van der Waals surface area contributed by atoms with E-state index >= 15 is 0 Å². The number of azide groups is 1. The molecule has 2 aliphatic rings. The number of carbonyl (C=O) groups is 1. The van der Waals surface area contributed by atoms with Gasteiger partial charge >= 0.3 is 0 Å². The van der Waals surface area contributed by atoms with E-state index in [4.69, 9.17) is 5.53 Å². The van der Waals surface area contributed by atoms with Gasteiger partial charge in [-0.3, -0.25) is 4.79 Å². The largest absolute Gasteiger partial charge is 0.342 e. The molecule has 2 atom stereocenters. The highest BCUT2D eigenvalue weighted by Crippen LogP contribution is 2.48. The summed E-state index contributed by atoms with van der Waals surface area (Å²) in [5.74, 6) is -3.80. The van der Waals surface area contributed by atoms with Gasteiger partial charge in [0.1, 0.15) is 6.54 Å². The molecule has 1 saturated carbocycles. The first-order valence-electron chi connectivity index (χ1n) is 5.21. The molecule has 5 nitrogen and oxygen atoms in total. The molecular formula is C9H12F2N4O. The summed E-state index contributed by atoms with van der Waals surface area (Å²) in [6.07, 6.45) is 0.406. The number of amides is 1. The van der Waals surface area contributed by atoms with Crippen LogP contribution in [0.25, 0.3) is 10.4 Å². The van der Waals surface area contributed by atoms with Crippen LogP contribution in [0.5, 0.6) is 0 Å². The summed E-state index contributed by atoms with van der Waals surface area (Å²) in [7, 11) is 0. The van der Waals surface area contributed by atoms with Gasteiger partial charge in [-0.15, -0.1) is 0 Å². The van der Waals surface area contributed by atoms with Gasteiger partial charge in [-0.1, -0.05) is 5.11 Å². The summed E-state index contributed by atoms with van der Waals surface area (Å²) in [4.78, 5) is 15.3. The zero-order valence-corrected chi connectivity index (χ0v) is 8.64. The van der Waals surface area contributed by atoms with Crippen molar-refractivity contribution in [2.45, 2.75) is 18.8 Å². The molecule has 1 saturated heterocycles. The van der Waals surface area contributed by atoms with Gasteiger partial charge in [0.2, 0.25) is 5.91 Å². The molecule has 0 aromatic carbocycles. The Labute approximate surface area is 91.0 Å². The van der Waals surface area contributed by atoms with Crippen molar-refractivity contribution < 1.29 is 13.6 Å². The number of hydrogen-bond donors (Lipinski definition) is 0. The topological polar surface area (TPSA) is 69.1 Å². The van der Waals surface area contributed by atoms with E-state index < -0.39 is 11.8 Å². The summed E-state index contributed by atoms with van der Waals surface area (Å²) in [5.41, 5.74) is 8.07. The lowest BCUT2D eigenvalue weighted by Crippen LogP contribution is -2.34. The average molecular weight is 230 g/mol. The van der Waals surface area contributed by atoms with Gasteiger partial charge in [0, 0.05) is 30.3 Å². The second-order valence-electron chi connectivity index (χ2n) is 4.35. The Hall–Kier alpha value is -1.36. The number of nitrogens with zero attached hydrogens (tertiary/aromatic N) is 4. The molecule has 0 aromatic heterocycles. The average Bonchev–Trinajstić information content (AvgIpc) is 2.77. The molecule has 2 fully saturated rings. The maximum Gasteiger partial charge on any atom is 0.252 e. The summed E-state index contributed by atoms with van der Waals surface area (Å²) < 4.78 is 26.7. The van der Waals surface area contributed by atoms with Gasteiger partial charge < -0.3 is 4.90 Å². The monoisotopic (exact) mass is 230 g/mol. The Morgan fingerprint density at radius 2 is 2.31 bits per heavy atom. The molecule has 2 rings (SSSR count). The number of rotatable bonds is 2. The molecule has 0 unspecified atom stereocenters. The molecule has 1 heterocycles. The minimum absolute atomic E-state index is 0.0687. The molecule has 0 radical (unpaired) electrons. The molecule has 88 valence electrons. The van der Waals surface area contributed by atoms with E-state index in [0.717, 1.165) is 0 Å². The van der Waals surface area contributed by atoms with Crippen LogP contribution in [-0.2, 0) is 4.79 Å². The van der Waals surface area contributed by atoms with Crippen LogP contribution < -0.4 is 0 Å². The molecule has 0 bridgehead atoms. The van der Waals surface area contributed by atoms with Crippen molar-refractivity contribution in [2.24, 2.45) is 17.0 Å². The van der Waals surface area contributed by atoms with E-state index in [-0.39, 0.29) is 31.3 Å². The SMILES string of the molecule is [N-]=[N+]=NCC(=O)N1C[C@@H]2CCC(F)(F)[C@@H]2C1. The van der Waals surface area contributed by atoms with E-state index in [1.807, 2.05) is 0 Å². The quantitative estimate of drug-likeness (QED) is 0.405. The normalized spacial score (nSPS) is 31.0. The van der Waals surface area contributed by atoms with E-state index in [2.05, 4.69) is 10.0 Å². The Morgan fingerprint density at radius 1 is 1.56 bits per heavy atom. The Bertz CT molecular complexity index is 353. The Balaban J connectivity index is 1.98. The summed E-state index contributed by atoms with van der Waals surface area (Å²) in [5, 5.41) is 3.15. The Kier molecular flexibility index (Phi) is 2.71. The first kappa shape index (κ1) is 11.1. The van der Waals surface area contributed by atoms with Crippen molar-refractivity contribution in [1.82, 2.24) is 4.90 Å². The number of alkyl halides is 2. The lowest BCUT2D eigenvalue weighted by Gasteiger charge is -2.19. The predicted molar refractivity (Wildman–Crippen MR) is 51.8 cm³/mol. The van der Waals surface area contributed by atoms with E-state index in [9.17, 15) is 13.6 Å². The fourth-order valence-corrected chi connectivity index (χ4v) is 2.60. The fourth-order valence-electron chi connectivity index (χ4n) is 2.60. The standard InChI is InChI=1S/C9H12F2N4O/c10-9(11)2-1-6-4-15(5-7(6)9)8(16)3-13-14-12/h6-7H,1-5H2/t6-,7+/m0/s1. The molecule has 16 heavy (non-hydrogen) atoms. The van der Waals surface area contributed by atoms with Crippen LogP contribution in [0.4, 0.5) is 8.78 Å². The second kappa shape index (κ2) is 3.90. The van der Waals surface area contributed by atoms with E-state index in [0.29, 0.717) is 13.0 Å². The Morgan fingerprint density at radius 3 is 2.94 bits per heavy atom. The van der Waals surface area contributed by atoms with Crippen molar-refractivity contribution in [3.63, 3.8) is 0 Å². The third-order valence-electron chi connectivity index (χ3n) is 3.45. The van der Waals surface area contributed by atoms with Gasteiger partial charge in [0.25, 0.3) is 5.92 Å². The molecule has 0 aromatic rings. The highest BCUT2D eigenvalue weighted by atomic mass is 19.3. The van der Waals surface area contributed by atoms with Crippen molar-refractivity contribution >= 4 is 5.91 Å². The first-order chi connectivity index (χ1) is 7.54. The highest BCUT2D eigenvalue weighted by molar-refractivity contribution is 5.78. The third-order valence-corrected chi connectivity index (χ3v) is 3.45. The number of likely N-dealkylation sites (tertiary alicyclic amines) is 1. The van der Waals surface area contributed by atoms with E-state index in [1.54, 1.807) is 0 Å². The van der Waals surface area contributed by atoms with Crippen LogP contribution >= 0.6 is 0 Å². The van der Waals surface area contributed by atoms with Gasteiger partial charge in [-0.05, 0) is 17.9 Å². The lowest BCUT2D eigenvalue weighted by molar-refractivity contribution is -0.129. The smallest absolute Gasteiger partial charge is 0.252 e. The van der Waals surface area contributed by atoms with Crippen LogP contribution in [0, 0.1) is 11.8 Å². The van der Waals surface area contributed by atoms with Gasteiger partial charge in [-0.2, -0.15) is 0 Å². The molecule has 7 heteroatoms. The number of halogens is 2. The van der Waals surface area contributed by atoms with Crippen LogP contribution in [0.15, 0.2) is 5.11 Å². The zero-order valence-electron chi connectivity index (χ0n) is 8.64. The third kappa shape index (κ3) is 1.82. The molecule has 0 N–H and O–H groups in total. The zero-order chi connectivity index (χ0) is 11.8. The fraction of sp³-hybridized carbons (Fsp3) is 0.889. The van der Waals surface area contributed by atoms with E-state index in [1.165, 1.54) is 4.90 Å². The van der Waals surface area contributed by atoms with Crippen LogP contribution in [0.1, 0.15) is 12.8 Å². The van der Waals surface area contributed by atoms with Crippen molar-refractivity contribution in [3.05, 3.63) is 10.4 Å². The summed E-state index contributed by atoms with van der Waals surface area (Å²) in [6, 6.07) is 0. The van der Waals surface area contributed by atoms with Crippen LogP contribution in [-0.4, -0.2) is 36.4 Å². The van der Waals surface area contributed by atoms with Gasteiger partial charge in [-0.25, -0.2) is 8.78 Å². The second-order valence-corrected chi connectivity index (χ2v) is 4.35. The maximum atomic E-state index is 13.4. The highest BCUT2D eigenvalue weighted by Gasteiger charge is 2.54. The number of hydrogen-bond acceptors (Lipinski definition) is 2. The van der Waals surface area contributed by atoms with Crippen LogP contribution in [0.3, 0.4) is 0 Å². The summed E-state index contributed by atoms with van der Waals surface area (Å²) in [6.45, 7) is 0.193. The number of fused-ring (bicyclic) bond motifs is 1. The minimum atomic E-state index is -2.64. The lowest BCUT2D eigenvalue weighted by atomic mass is 9.99. The molecule has 1 amide bonds. The van der Waals surface area contributed by atoms with Gasteiger partial charge in [0.05, 0.1) is 0 Å². The van der Waals surface area contributed by atoms with Crippen molar-refractivity contribution in [2.75, 3.05) is 19.6 Å². The molecule has 1 aliphatic heterocycles. The minimum Gasteiger partial charge on any atom is -0.342 e. The first-order valence-corrected chi connectivity index (χ1v) is 5.21.